The molecule has 4 rings (SSSR count). The maximum absolute atomic E-state index is 12.1. The lowest BCUT2D eigenvalue weighted by molar-refractivity contribution is -0.143. The summed E-state index contributed by atoms with van der Waals surface area (Å²) < 4.78 is 12.6. The van der Waals surface area contributed by atoms with Gasteiger partial charge in [0.05, 0.1) is 13.7 Å². The van der Waals surface area contributed by atoms with Crippen molar-refractivity contribution in [3.63, 3.8) is 0 Å². The van der Waals surface area contributed by atoms with Crippen molar-refractivity contribution in [2.24, 2.45) is 0 Å². The number of hydrogen-bond acceptors (Lipinski definition) is 5. The van der Waals surface area contributed by atoms with Crippen molar-refractivity contribution in [2.45, 2.75) is 19.9 Å². The van der Waals surface area contributed by atoms with Crippen molar-refractivity contribution in [3.05, 3.63) is 59.2 Å². The Labute approximate surface area is 194 Å². The molecule has 3 aromatic rings. The van der Waals surface area contributed by atoms with E-state index in [1.807, 2.05) is 35.8 Å². The van der Waals surface area contributed by atoms with E-state index < -0.39 is 0 Å². The van der Waals surface area contributed by atoms with E-state index in [-0.39, 0.29) is 12.5 Å². The molecule has 0 atom stereocenters. The Hall–Kier alpha value is -2.70. The number of carbonyl (C=O) groups excluding carboxylic acids is 1. The summed E-state index contributed by atoms with van der Waals surface area (Å²) in [5, 5.41) is 1.90. The molecule has 0 amide bonds. The van der Waals surface area contributed by atoms with Gasteiger partial charge in [0.25, 0.3) is 0 Å². The zero-order valence-corrected chi connectivity index (χ0v) is 19.5. The molecule has 6 nitrogen and oxygen atoms in total. The minimum Gasteiger partial charge on any atom is -0.497 e. The number of ether oxygens (including phenoxy) is 2. The van der Waals surface area contributed by atoms with Gasteiger partial charge in [0.2, 0.25) is 0 Å². The van der Waals surface area contributed by atoms with Crippen molar-refractivity contribution in [3.8, 4) is 5.75 Å². The molecular formula is C25H30ClN3O3. The summed E-state index contributed by atoms with van der Waals surface area (Å²) in [5.41, 5.74) is 3.48. The van der Waals surface area contributed by atoms with Gasteiger partial charge in [-0.2, -0.15) is 0 Å². The molecule has 0 aliphatic carbocycles. The molecule has 2 heterocycles. The van der Waals surface area contributed by atoms with Crippen LogP contribution >= 0.6 is 11.6 Å². The maximum Gasteiger partial charge on any atom is 0.325 e. The molecule has 170 valence electrons. The van der Waals surface area contributed by atoms with Crippen LogP contribution in [0, 0.1) is 0 Å². The minimum absolute atomic E-state index is 0.218. The predicted molar refractivity (Wildman–Crippen MR) is 129 cm³/mol. The van der Waals surface area contributed by atoms with E-state index in [0.717, 1.165) is 60.8 Å². The zero-order chi connectivity index (χ0) is 22.5. The number of esters is 1. The number of anilines is 1. The first kappa shape index (κ1) is 22.5. The monoisotopic (exact) mass is 455 g/mol. The highest BCUT2D eigenvalue weighted by Crippen LogP contribution is 2.27. The second-order valence-electron chi connectivity index (χ2n) is 8.03. The van der Waals surface area contributed by atoms with E-state index in [1.54, 1.807) is 7.11 Å². The third kappa shape index (κ3) is 5.19. The summed E-state index contributed by atoms with van der Waals surface area (Å²) in [6.45, 7) is 7.46. The Morgan fingerprint density at radius 2 is 1.81 bits per heavy atom. The fourth-order valence-corrected chi connectivity index (χ4v) is 4.44. The highest BCUT2D eigenvalue weighted by Gasteiger charge is 2.18. The van der Waals surface area contributed by atoms with E-state index in [4.69, 9.17) is 21.1 Å². The summed E-state index contributed by atoms with van der Waals surface area (Å²) in [6.07, 6.45) is 3.01. The second kappa shape index (κ2) is 10.3. The van der Waals surface area contributed by atoms with Gasteiger partial charge in [-0.1, -0.05) is 11.6 Å². The van der Waals surface area contributed by atoms with Crippen LogP contribution in [0.3, 0.4) is 0 Å². The highest BCUT2D eigenvalue weighted by atomic mass is 35.5. The first-order valence-corrected chi connectivity index (χ1v) is 11.5. The number of piperazine rings is 1. The summed E-state index contributed by atoms with van der Waals surface area (Å²) >= 11 is 6.02. The topological polar surface area (TPSA) is 46.9 Å². The van der Waals surface area contributed by atoms with Crippen molar-refractivity contribution in [2.75, 3.05) is 51.3 Å². The standard InChI is InChI=1S/C25H30ClN3O3/c1-3-32-25(30)18-29-17-19(23-16-22(31-2)8-9-24(23)29)10-11-27-12-14-28(15-13-27)21-6-4-20(26)5-7-21/h4-9,16-17H,3,10-15,18H2,1-2H3. The van der Waals surface area contributed by atoms with E-state index in [0.29, 0.717) is 6.61 Å². The van der Waals surface area contributed by atoms with Crippen LogP contribution in [-0.2, 0) is 22.5 Å². The maximum atomic E-state index is 12.1. The summed E-state index contributed by atoms with van der Waals surface area (Å²) in [5.74, 6) is 0.606. The molecule has 0 N–H and O–H groups in total. The summed E-state index contributed by atoms with van der Waals surface area (Å²) in [4.78, 5) is 17.0. The van der Waals surface area contributed by atoms with Gasteiger partial charge in [-0.15, -0.1) is 0 Å². The lowest BCUT2D eigenvalue weighted by atomic mass is 10.1. The number of halogens is 1. The van der Waals surface area contributed by atoms with Crippen molar-refractivity contribution in [1.82, 2.24) is 9.47 Å². The molecule has 2 aromatic carbocycles. The number of benzene rings is 2. The number of nitrogens with zero attached hydrogens (tertiary/aromatic N) is 3. The van der Waals surface area contributed by atoms with Gasteiger partial charge in [0.1, 0.15) is 12.3 Å². The van der Waals surface area contributed by atoms with Gasteiger partial charge in [0, 0.05) is 60.5 Å². The molecule has 0 unspecified atom stereocenters. The highest BCUT2D eigenvalue weighted by molar-refractivity contribution is 6.30. The number of hydrogen-bond donors (Lipinski definition) is 0. The minimum atomic E-state index is -0.218. The molecule has 1 fully saturated rings. The van der Waals surface area contributed by atoms with Gasteiger partial charge < -0.3 is 18.9 Å². The van der Waals surface area contributed by atoms with Crippen molar-refractivity contribution < 1.29 is 14.3 Å². The first-order valence-electron chi connectivity index (χ1n) is 11.1. The third-order valence-corrected chi connectivity index (χ3v) is 6.29. The second-order valence-corrected chi connectivity index (χ2v) is 8.46. The average molecular weight is 456 g/mol. The molecule has 0 saturated carbocycles. The Morgan fingerprint density at radius 3 is 2.50 bits per heavy atom. The van der Waals surface area contributed by atoms with Gasteiger partial charge in [0.15, 0.2) is 0 Å². The Morgan fingerprint density at radius 1 is 1.06 bits per heavy atom. The van der Waals surface area contributed by atoms with E-state index in [1.165, 1.54) is 11.3 Å². The molecule has 1 aliphatic rings. The fraction of sp³-hybridized carbons (Fsp3) is 0.400. The summed E-state index contributed by atoms with van der Waals surface area (Å²) in [6, 6.07) is 14.1. The Balaban J connectivity index is 1.42. The normalized spacial score (nSPS) is 14.7. The number of fused-ring (bicyclic) bond motifs is 1. The molecule has 1 saturated heterocycles. The van der Waals surface area contributed by atoms with Gasteiger partial charge in [-0.25, -0.2) is 0 Å². The largest absolute Gasteiger partial charge is 0.497 e. The molecule has 0 spiro atoms. The van der Waals surface area contributed by atoms with E-state index in [2.05, 4.69) is 34.2 Å². The molecule has 1 aromatic heterocycles. The van der Waals surface area contributed by atoms with Crippen molar-refractivity contribution >= 4 is 34.2 Å². The van der Waals surface area contributed by atoms with Gasteiger partial charge in [-0.3, -0.25) is 9.69 Å². The van der Waals surface area contributed by atoms with Crippen LogP contribution in [0.5, 0.6) is 5.75 Å². The Kier molecular flexibility index (Phi) is 7.22. The molecule has 32 heavy (non-hydrogen) atoms. The van der Waals surface area contributed by atoms with Crippen LogP contribution in [0.4, 0.5) is 5.69 Å². The predicted octanol–water partition coefficient (Wildman–Crippen LogP) is 4.23. The number of carbonyl (C=O) groups is 1. The first-order chi connectivity index (χ1) is 15.6. The molecule has 0 bridgehead atoms. The molecule has 7 heteroatoms. The SMILES string of the molecule is CCOC(=O)Cn1cc(CCN2CCN(c3ccc(Cl)cc3)CC2)c2cc(OC)ccc21. The number of methoxy groups -OCH3 is 1. The van der Waals surface area contributed by atoms with Gasteiger partial charge in [-0.05, 0) is 61.4 Å². The lowest BCUT2D eigenvalue weighted by Crippen LogP contribution is -2.46. The van der Waals surface area contributed by atoms with E-state index in [9.17, 15) is 4.79 Å². The molecular weight excluding hydrogens is 426 g/mol. The molecule has 1 aliphatic heterocycles. The van der Waals surface area contributed by atoms with E-state index >= 15 is 0 Å². The van der Waals surface area contributed by atoms with Crippen LogP contribution in [0.25, 0.3) is 10.9 Å². The van der Waals surface area contributed by atoms with Crippen LogP contribution < -0.4 is 9.64 Å². The lowest BCUT2D eigenvalue weighted by Gasteiger charge is -2.36. The Bertz CT molecular complexity index is 1060. The van der Waals surface area contributed by atoms with Gasteiger partial charge >= 0.3 is 5.97 Å². The van der Waals surface area contributed by atoms with Crippen LogP contribution in [0.15, 0.2) is 48.7 Å². The smallest absolute Gasteiger partial charge is 0.325 e. The van der Waals surface area contributed by atoms with Crippen LogP contribution in [0.1, 0.15) is 12.5 Å². The van der Waals surface area contributed by atoms with Crippen molar-refractivity contribution in [1.29, 1.82) is 0 Å². The number of rotatable bonds is 8. The molecule has 0 radical (unpaired) electrons. The van der Waals surface area contributed by atoms with Crippen LogP contribution in [0.2, 0.25) is 5.02 Å². The van der Waals surface area contributed by atoms with Crippen LogP contribution in [-0.4, -0.2) is 61.9 Å². The fourth-order valence-electron chi connectivity index (χ4n) is 4.31. The zero-order valence-electron chi connectivity index (χ0n) is 18.7. The third-order valence-electron chi connectivity index (χ3n) is 6.04. The quantitative estimate of drug-likeness (QED) is 0.476. The number of aromatic nitrogens is 1. The summed E-state index contributed by atoms with van der Waals surface area (Å²) in [7, 11) is 1.68. The average Bonchev–Trinajstić information content (AvgIpc) is 3.15.